The number of hydrogen-bond donors (Lipinski definition) is 2. The van der Waals surface area contributed by atoms with E-state index in [0.29, 0.717) is 12.6 Å². The Balaban J connectivity index is 1.54. The maximum atomic E-state index is 12.1. The molecule has 2 aliphatic heterocycles. The van der Waals surface area contributed by atoms with Crippen molar-refractivity contribution < 1.29 is 4.79 Å². The molecule has 2 heterocycles. The molecule has 0 bridgehead atoms. The molecule has 1 fully saturated rings. The van der Waals surface area contributed by atoms with Crippen LogP contribution in [0.1, 0.15) is 12.8 Å². The van der Waals surface area contributed by atoms with Gasteiger partial charge in [-0.3, -0.25) is 9.69 Å². The molecule has 21 heavy (non-hydrogen) atoms. The summed E-state index contributed by atoms with van der Waals surface area (Å²) in [5.74, 6) is -0.0176. The van der Waals surface area contributed by atoms with E-state index in [9.17, 15) is 4.79 Å². The highest BCUT2D eigenvalue weighted by Gasteiger charge is 2.18. The summed E-state index contributed by atoms with van der Waals surface area (Å²) in [6.07, 6.45) is 2.42. The fraction of sp³-hybridized carbons (Fsp3) is 0.500. The number of amides is 1. The van der Waals surface area contributed by atoms with Crippen LogP contribution >= 0.6 is 0 Å². The van der Waals surface area contributed by atoms with Gasteiger partial charge in [-0.1, -0.05) is 6.07 Å². The van der Waals surface area contributed by atoms with Gasteiger partial charge < -0.3 is 10.6 Å². The zero-order valence-electron chi connectivity index (χ0n) is 12.0. The highest BCUT2D eigenvalue weighted by atomic mass is 32.1. The van der Waals surface area contributed by atoms with Gasteiger partial charge in [0.1, 0.15) is 11.4 Å². The minimum atomic E-state index is -0.0176. The smallest absolute Gasteiger partial charge is 0.238 e. The van der Waals surface area contributed by atoms with Crippen molar-refractivity contribution in [3.05, 3.63) is 18.2 Å². The van der Waals surface area contributed by atoms with Crippen LogP contribution in [0.15, 0.2) is 26.9 Å². The van der Waals surface area contributed by atoms with Gasteiger partial charge in [0.25, 0.3) is 0 Å². The van der Waals surface area contributed by atoms with Crippen molar-refractivity contribution in [2.45, 2.75) is 18.9 Å². The van der Waals surface area contributed by atoms with Gasteiger partial charge in [-0.25, -0.2) is 0 Å². The number of benzene rings is 1. The molecule has 7 heteroatoms. The maximum Gasteiger partial charge on any atom is 0.238 e. The predicted molar refractivity (Wildman–Crippen MR) is 85.1 cm³/mol. The lowest BCUT2D eigenvalue weighted by Gasteiger charge is -2.20. The first-order valence-corrected chi connectivity index (χ1v) is 7.88. The van der Waals surface area contributed by atoms with E-state index in [1.165, 1.54) is 12.8 Å². The average Bonchev–Trinajstić information content (AvgIpc) is 3.09. The second kappa shape index (κ2) is 6.46. The van der Waals surface area contributed by atoms with Gasteiger partial charge in [-0.2, -0.15) is 8.73 Å². The molecule has 2 aliphatic rings. The van der Waals surface area contributed by atoms with Crippen LogP contribution in [0.5, 0.6) is 0 Å². The van der Waals surface area contributed by atoms with Gasteiger partial charge in [0.2, 0.25) is 5.91 Å². The van der Waals surface area contributed by atoms with Crippen molar-refractivity contribution >= 4 is 34.3 Å². The number of nitrogens with one attached hydrogen (secondary N) is 2. The van der Waals surface area contributed by atoms with E-state index in [2.05, 4.69) is 24.3 Å². The van der Waals surface area contributed by atoms with E-state index in [1.54, 1.807) is 0 Å². The second-order valence-corrected chi connectivity index (χ2v) is 6.00. The van der Waals surface area contributed by atoms with Gasteiger partial charge in [-0.05, 0) is 38.6 Å². The standard InChI is InChI=1S/C14H19N5OS/c1-19(8-10-4-3-7-15-10)9-13(20)16-11-5-2-6-12-14(11)18-21-17-12/h2,5-6,10,15H,3-4,7-9H2,1H3,(H,16,20). The van der Waals surface area contributed by atoms with Crippen LogP contribution in [-0.2, 0) is 16.1 Å². The molecule has 0 aliphatic carbocycles. The van der Waals surface area contributed by atoms with Crippen molar-refractivity contribution in [1.29, 1.82) is 0 Å². The molecule has 1 saturated heterocycles. The highest BCUT2D eigenvalue weighted by Crippen LogP contribution is 2.38. The third kappa shape index (κ3) is 3.55. The van der Waals surface area contributed by atoms with Crippen LogP contribution in [0.2, 0.25) is 0 Å². The van der Waals surface area contributed by atoms with E-state index in [0.717, 1.165) is 41.5 Å². The van der Waals surface area contributed by atoms with Gasteiger partial charge in [-0.15, -0.1) is 0 Å². The fourth-order valence-corrected chi connectivity index (χ4v) is 3.24. The minimum absolute atomic E-state index is 0.0176. The van der Waals surface area contributed by atoms with Crippen molar-refractivity contribution in [2.75, 3.05) is 32.0 Å². The van der Waals surface area contributed by atoms with Crippen LogP contribution in [0.25, 0.3) is 0 Å². The molecular weight excluding hydrogens is 286 g/mol. The van der Waals surface area contributed by atoms with E-state index in [1.807, 2.05) is 25.2 Å². The molecule has 1 aromatic carbocycles. The van der Waals surface area contributed by atoms with Crippen molar-refractivity contribution in [3.63, 3.8) is 0 Å². The number of rotatable bonds is 5. The van der Waals surface area contributed by atoms with Crippen LogP contribution in [0.4, 0.5) is 17.1 Å². The first kappa shape index (κ1) is 14.4. The third-order valence-corrected chi connectivity index (χ3v) is 4.21. The van der Waals surface area contributed by atoms with Crippen molar-refractivity contribution in [1.82, 2.24) is 10.2 Å². The number of anilines is 1. The average molecular weight is 305 g/mol. The molecule has 0 spiro atoms. The normalized spacial score (nSPS) is 19.6. The Kier molecular flexibility index (Phi) is 4.42. The Bertz CT molecular complexity index is 605. The number of likely N-dealkylation sites (N-methyl/N-ethyl adjacent to an activating group) is 1. The summed E-state index contributed by atoms with van der Waals surface area (Å²) in [5, 5.41) is 6.37. The quantitative estimate of drug-likeness (QED) is 0.888. The van der Waals surface area contributed by atoms with Gasteiger partial charge in [0, 0.05) is 12.6 Å². The van der Waals surface area contributed by atoms with Crippen LogP contribution < -0.4 is 10.6 Å². The number of fused-ring (bicyclic) bond motifs is 1. The molecule has 0 saturated carbocycles. The third-order valence-electron chi connectivity index (χ3n) is 3.67. The zero-order chi connectivity index (χ0) is 14.7. The summed E-state index contributed by atoms with van der Waals surface area (Å²) in [4.78, 5) is 14.2. The zero-order valence-corrected chi connectivity index (χ0v) is 12.8. The number of hydrogen-bond acceptors (Lipinski definition) is 5. The number of nitrogens with zero attached hydrogens (tertiary/aromatic N) is 3. The molecule has 1 unspecified atom stereocenters. The second-order valence-electron chi connectivity index (χ2n) is 5.48. The minimum Gasteiger partial charge on any atom is -0.323 e. The van der Waals surface area contributed by atoms with E-state index < -0.39 is 0 Å². The van der Waals surface area contributed by atoms with E-state index in [4.69, 9.17) is 0 Å². The predicted octanol–water partition coefficient (Wildman–Crippen LogP) is 2.04. The number of carbonyl (C=O) groups excluding carboxylic acids is 1. The van der Waals surface area contributed by atoms with Crippen LogP contribution in [0.3, 0.4) is 0 Å². The summed E-state index contributed by atoms with van der Waals surface area (Å²) < 4.78 is 8.40. The van der Waals surface area contributed by atoms with E-state index in [-0.39, 0.29) is 5.91 Å². The van der Waals surface area contributed by atoms with E-state index >= 15 is 0 Å². The summed E-state index contributed by atoms with van der Waals surface area (Å²) in [7, 11) is 1.98. The Morgan fingerprint density at radius 1 is 1.52 bits per heavy atom. The maximum absolute atomic E-state index is 12.1. The highest BCUT2D eigenvalue weighted by molar-refractivity contribution is 7.58. The Morgan fingerprint density at radius 2 is 2.43 bits per heavy atom. The topological polar surface area (TPSA) is 69.1 Å². The Morgan fingerprint density at radius 3 is 3.24 bits per heavy atom. The van der Waals surface area contributed by atoms with Crippen LogP contribution in [-0.4, -0.2) is 43.5 Å². The summed E-state index contributed by atoms with van der Waals surface area (Å²) in [6, 6.07) is 6.15. The number of carbonyl (C=O) groups is 1. The van der Waals surface area contributed by atoms with Gasteiger partial charge in [0.05, 0.1) is 23.6 Å². The Hall–Kier alpha value is -1.57. The lowest BCUT2D eigenvalue weighted by Crippen LogP contribution is -2.39. The van der Waals surface area contributed by atoms with Crippen LogP contribution in [0, 0.1) is 0 Å². The van der Waals surface area contributed by atoms with Crippen molar-refractivity contribution in [3.8, 4) is 0 Å². The first-order chi connectivity index (χ1) is 10.2. The molecule has 1 aromatic rings. The molecule has 1 amide bonds. The summed E-state index contributed by atoms with van der Waals surface area (Å²) in [6.45, 7) is 2.37. The van der Waals surface area contributed by atoms with Gasteiger partial charge >= 0.3 is 0 Å². The molecule has 2 N–H and O–H groups in total. The molecule has 6 nitrogen and oxygen atoms in total. The molecule has 112 valence electrons. The lowest BCUT2D eigenvalue weighted by atomic mass is 10.2. The van der Waals surface area contributed by atoms with Gasteiger partial charge in [0.15, 0.2) is 0 Å². The first-order valence-electron chi connectivity index (χ1n) is 7.15. The molecule has 3 rings (SSSR count). The summed E-state index contributed by atoms with van der Waals surface area (Å²) >= 11 is 1.16. The molecule has 0 radical (unpaired) electrons. The largest absolute Gasteiger partial charge is 0.323 e. The van der Waals surface area contributed by atoms with Crippen molar-refractivity contribution in [2.24, 2.45) is 8.73 Å². The monoisotopic (exact) mass is 305 g/mol. The SMILES string of the molecule is CN(CC(=O)Nc1cccc2c1N=S=N2)CC1CCCN1. The lowest BCUT2D eigenvalue weighted by molar-refractivity contribution is -0.117. The fourth-order valence-electron chi connectivity index (χ4n) is 2.70. The molecular formula is C14H19N5OS. The molecule has 0 aromatic heterocycles. The molecule has 1 atom stereocenters. The summed E-state index contributed by atoms with van der Waals surface area (Å²) in [5.41, 5.74) is 2.32. The Labute approximate surface area is 127 Å².